The Morgan fingerprint density at radius 1 is 0.489 bits per heavy atom. The first-order valence-electron chi connectivity index (χ1n) is 32.7. The van der Waals surface area contributed by atoms with E-state index in [1.807, 2.05) is 61.5 Å². The van der Waals surface area contributed by atoms with Crippen molar-refractivity contribution in [2.24, 2.45) is 41.4 Å². The molecule has 0 spiro atoms. The van der Waals surface area contributed by atoms with E-state index in [0.717, 1.165) is 9.80 Å². The van der Waals surface area contributed by atoms with Crippen molar-refractivity contribution in [3.05, 3.63) is 12.2 Å². The van der Waals surface area contributed by atoms with Gasteiger partial charge in [-0.25, -0.2) is 4.79 Å². The van der Waals surface area contributed by atoms with Gasteiger partial charge in [-0.1, -0.05) is 109 Å². The summed E-state index contributed by atoms with van der Waals surface area (Å²) in [7, 11) is 9.92. The maximum atomic E-state index is 15.1. The van der Waals surface area contributed by atoms with Gasteiger partial charge in [0.2, 0.25) is 65.0 Å². The number of rotatable bonds is 18. The monoisotopic (exact) mass is 1340 g/mol. The first-order valence-corrected chi connectivity index (χ1v) is 32.7. The lowest BCUT2D eigenvalue weighted by Crippen LogP contribution is -2.63. The average molecular weight is 1340 g/mol. The third kappa shape index (κ3) is 26.2. The second-order valence-corrected chi connectivity index (χ2v) is 27.5. The maximum Gasteiger partial charge on any atom is 0.333 e. The van der Waals surface area contributed by atoms with Crippen molar-refractivity contribution in [3.8, 4) is 0 Å². The fourth-order valence-corrected chi connectivity index (χ4v) is 10.9. The molecule has 1 aliphatic heterocycles. The first kappa shape index (κ1) is 86.8. The van der Waals surface area contributed by atoms with Crippen LogP contribution in [0.2, 0.25) is 0 Å². The summed E-state index contributed by atoms with van der Waals surface area (Å²) in [6, 6.07) is -12.3. The number of carbonyl (C=O) groups is 13. The van der Waals surface area contributed by atoms with Crippen molar-refractivity contribution in [1.29, 1.82) is 0 Å². The quantitative estimate of drug-likeness (QED) is 0.0912. The van der Waals surface area contributed by atoms with Crippen LogP contribution in [0.1, 0.15) is 163 Å². The van der Waals surface area contributed by atoms with E-state index in [9.17, 15) is 57.8 Å². The number of carboxylic acid groups (broad SMARTS) is 2. The second kappa shape index (κ2) is 40.2. The molecular weight excluding hydrogens is 1220 g/mol. The van der Waals surface area contributed by atoms with Crippen LogP contribution in [0, 0.1) is 41.4 Å². The van der Waals surface area contributed by atoms with Crippen LogP contribution in [0.4, 0.5) is 0 Å². The predicted molar refractivity (Wildman–Crippen MR) is 354 cm³/mol. The first-order chi connectivity index (χ1) is 43.2. The summed E-state index contributed by atoms with van der Waals surface area (Å²) in [5, 5.41) is 47.2. The summed E-state index contributed by atoms with van der Waals surface area (Å²) in [6.45, 7) is 29.3. The molecular formula is C66H117N11O17. The van der Waals surface area contributed by atoms with Crippen molar-refractivity contribution >= 4 is 76.9 Å². The van der Waals surface area contributed by atoms with Crippen molar-refractivity contribution < 1.29 is 82.8 Å². The van der Waals surface area contributed by atoms with E-state index in [4.69, 9.17) is 15.3 Å². The molecule has 0 saturated carbocycles. The lowest BCUT2D eigenvalue weighted by molar-refractivity contribution is -0.157. The van der Waals surface area contributed by atoms with Crippen LogP contribution in [0.3, 0.4) is 0 Å². The van der Waals surface area contributed by atoms with E-state index in [1.54, 1.807) is 54.5 Å². The van der Waals surface area contributed by atoms with Gasteiger partial charge in [0.1, 0.15) is 60.4 Å². The van der Waals surface area contributed by atoms with E-state index < -0.39 is 180 Å². The Morgan fingerprint density at radius 2 is 0.904 bits per heavy atom. The Hall–Kier alpha value is -7.23. The van der Waals surface area contributed by atoms with E-state index in [0.29, 0.717) is 6.42 Å². The third-order valence-electron chi connectivity index (χ3n) is 16.7. The van der Waals surface area contributed by atoms with Crippen molar-refractivity contribution in [2.75, 3.05) is 55.9 Å². The number of hydrogen-bond donors (Lipinski definition) is 8. The Bertz CT molecular complexity index is 2610. The Morgan fingerprint density at radius 3 is 1.32 bits per heavy atom. The summed E-state index contributed by atoms with van der Waals surface area (Å²) in [5.41, 5.74) is 0. The summed E-state index contributed by atoms with van der Waals surface area (Å²) >= 11 is 0. The van der Waals surface area contributed by atoms with Crippen LogP contribution < -0.4 is 21.3 Å². The average Bonchev–Trinajstić information content (AvgIpc) is 0.808. The van der Waals surface area contributed by atoms with Crippen LogP contribution in [-0.4, -0.2) is 260 Å². The highest BCUT2D eigenvalue weighted by Gasteiger charge is 2.46. The second-order valence-electron chi connectivity index (χ2n) is 27.5. The van der Waals surface area contributed by atoms with E-state index in [1.165, 1.54) is 87.7 Å². The molecule has 0 aromatic rings. The third-order valence-corrected chi connectivity index (χ3v) is 16.7. The summed E-state index contributed by atoms with van der Waals surface area (Å²) in [5.74, 6) is -12.6. The molecule has 0 aromatic carbocycles. The van der Waals surface area contributed by atoms with Gasteiger partial charge in [-0.2, -0.15) is 0 Å². The normalized spacial score (nSPS) is 25.5. The number of likely N-dealkylation sites (N-methyl/N-ethyl adjacent to an activating group) is 7. The minimum Gasteiger partial charge on any atom is -0.481 e. The fraction of sp³-hybridized carbons (Fsp3) is 0.773. The Balaban J connectivity index is 0.00000887. The summed E-state index contributed by atoms with van der Waals surface area (Å²) in [4.78, 5) is 188. The molecule has 11 amide bonds. The molecule has 0 aromatic heterocycles. The SMILES string of the molecule is C/C=C/C[C@@H](C)[C@@H](O)[C@H]1C(=O)N[C@@H](CC)C(=O)N(C)CC(=O)N(C)[C@@H](CC(C)C)C(=O)N[C@@H](C(C)C)C(=O)N(C)[C@@H](CC(C)C)C(=O)N[C@@H](C)C(=O)N[C@H](C)C(=O)N(C)[C@@H](CC(C)C)C(=O)N(C)[C@@H](CC(C)C)C(=O)N(C)[C@@H](C(C)C)C(=O)N1C.O=C(O)CC(O)C(=O)O. The highest BCUT2D eigenvalue weighted by Crippen LogP contribution is 2.26. The highest BCUT2D eigenvalue weighted by atomic mass is 16.4. The van der Waals surface area contributed by atoms with Crippen molar-refractivity contribution in [1.82, 2.24) is 55.6 Å². The number of carboxylic acids is 2. The molecule has 538 valence electrons. The molecule has 94 heavy (non-hydrogen) atoms. The molecule has 1 unspecified atom stereocenters. The van der Waals surface area contributed by atoms with Gasteiger partial charge in [0.15, 0.2) is 6.10 Å². The van der Waals surface area contributed by atoms with E-state index in [-0.39, 0.29) is 55.8 Å². The van der Waals surface area contributed by atoms with E-state index in [2.05, 4.69) is 21.3 Å². The summed E-state index contributed by atoms with van der Waals surface area (Å²) < 4.78 is 0. The summed E-state index contributed by atoms with van der Waals surface area (Å²) in [6.07, 6.45) is 0.499. The topological polar surface area (TPSA) is 374 Å². The van der Waals surface area contributed by atoms with Crippen LogP contribution in [0.25, 0.3) is 0 Å². The maximum absolute atomic E-state index is 15.1. The molecule has 0 aliphatic carbocycles. The molecule has 1 aliphatic rings. The van der Waals surface area contributed by atoms with Gasteiger partial charge in [0, 0.05) is 49.3 Å². The van der Waals surface area contributed by atoms with Crippen LogP contribution in [0.5, 0.6) is 0 Å². The molecule has 1 heterocycles. The number of aliphatic carboxylic acids is 2. The molecule has 1 fully saturated rings. The van der Waals surface area contributed by atoms with Gasteiger partial charge in [-0.3, -0.25) is 57.5 Å². The zero-order valence-electron chi connectivity index (χ0n) is 60.5. The minimum absolute atomic E-state index is 0.0229. The Kier molecular flexibility index (Phi) is 37.1. The number of nitrogens with zero attached hydrogens (tertiary/aromatic N) is 7. The molecule has 1 saturated heterocycles. The zero-order valence-corrected chi connectivity index (χ0v) is 60.5. The van der Waals surface area contributed by atoms with Gasteiger partial charge >= 0.3 is 11.9 Å². The zero-order chi connectivity index (χ0) is 73.4. The number of aliphatic hydroxyl groups excluding tert-OH is 2. The van der Waals surface area contributed by atoms with Crippen LogP contribution >= 0.6 is 0 Å². The molecule has 13 atom stereocenters. The lowest BCUT2D eigenvalue weighted by Gasteiger charge is -2.41. The number of aliphatic hydroxyl groups is 2. The van der Waals surface area contributed by atoms with Gasteiger partial charge in [0.25, 0.3) is 0 Å². The van der Waals surface area contributed by atoms with Gasteiger partial charge < -0.3 is 76.0 Å². The lowest BCUT2D eigenvalue weighted by atomic mass is 9.91. The van der Waals surface area contributed by atoms with Gasteiger partial charge in [-0.15, -0.1) is 0 Å². The standard InChI is InChI=1S/C62H111N11O12.C4H6O5/c1-25-27-28-40(15)52(75)51-56(79)65-43(26-2)58(81)67(18)33-48(74)68(19)44(29-34(3)4)55(78)66-49(38(11)12)61(84)69(20)45(30-35(5)6)54(77)63-41(16)53(76)64-42(17)57(80)70(21)46(31-36(7)8)59(82)71(22)47(32-37(9)10)60(83)72(23)50(39(13)14)62(85)73(51)24;5-2(4(8)9)1-3(6)7/h25,27,34-47,49-52,75H,26,28-33H2,1-24H3,(H,63,77)(H,64,76)(H,65,79)(H,66,78);2,5H,1H2,(H,6,7)(H,8,9)/b27-25+;/t40-,41+,42-,43+,44+,45+,46+,47+,49+,50+,51+,52-;/m1./s1. The molecule has 1 rings (SSSR count). The van der Waals surface area contributed by atoms with Crippen molar-refractivity contribution in [2.45, 2.75) is 235 Å². The predicted octanol–water partition coefficient (Wildman–Crippen LogP) is 2.18. The fourth-order valence-electron chi connectivity index (χ4n) is 10.9. The molecule has 28 nitrogen and oxygen atoms in total. The largest absolute Gasteiger partial charge is 0.481 e. The van der Waals surface area contributed by atoms with Crippen LogP contribution in [-0.2, 0) is 62.3 Å². The van der Waals surface area contributed by atoms with Crippen molar-refractivity contribution in [3.63, 3.8) is 0 Å². The van der Waals surface area contributed by atoms with Gasteiger partial charge in [0.05, 0.1) is 19.1 Å². The number of hydrogen-bond acceptors (Lipinski definition) is 15. The molecule has 0 radical (unpaired) electrons. The molecule has 0 bridgehead atoms. The number of carbonyl (C=O) groups excluding carboxylic acids is 11. The number of nitrogens with one attached hydrogen (secondary N) is 4. The van der Waals surface area contributed by atoms with E-state index >= 15 is 9.59 Å². The van der Waals surface area contributed by atoms with Gasteiger partial charge in [-0.05, 0) is 101 Å². The molecule has 8 N–H and O–H groups in total. The number of amides is 11. The van der Waals surface area contributed by atoms with Crippen LogP contribution in [0.15, 0.2) is 12.2 Å². The highest BCUT2D eigenvalue weighted by molar-refractivity contribution is 5.99. The number of allylic oxidation sites excluding steroid dienone is 2. The molecule has 28 heteroatoms. The smallest absolute Gasteiger partial charge is 0.333 e. The minimum atomic E-state index is -1.79. The Labute approximate surface area is 558 Å².